The Hall–Kier alpha value is -2.45. The lowest BCUT2D eigenvalue weighted by Crippen LogP contribution is -2.38. The lowest BCUT2D eigenvalue weighted by Gasteiger charge is -2.25. The van der Waals surface area contributed by atoms with Crippen LogP contribution in [-0.2, 0) is 6.54 Å². The molecule has 5 rings (SSSR count). The van der Waals surface area contributed by atoms with E-state index in [1.165, 1.54) is 11.5 Å². The SMILES string of the molecule is O=C(c1nsc2cc(NC3=NCc4cccnc43)ccc12)N1CCSCC1. The van der Waals surface area contributed by atoms with Gasteiger partial charge in [-0.05, 0) is 35.8 Å². The third-order valence-electron chi connectivity index (χ3n) is 4.76. The number of benzene rings is 1. The van der Waals surface area contributed by atoms with Gasteiger partial charge in [-0.2, -0.15) is 16.1 Å². The lowest BCUT2D eigenvalue weighted by molar-refractivity contribution is 0.0769. The monoisotopic (exact) mass is 395 g/mol. The largest absolute Gasteiger partial charge is 0.339 e. The van der Waals surface area contributed by atoms with Crippen LogP contribution in [0.3, 0.4) is 0 Å². The number of hydrogen-bond acceptors (Lipinski definition) is 7. The van der Waals surface area contributed by atoms with E-state index in [0.717, 1.165) is 57.5 Å². The number of aliphatic imine (C=N–C) groups is 1. The van der Waals surface area contributed by atoms with Crippen LogP contribution < -0.4 is 5.32 Å². The molecule has 1 amide bonds. The van der Waals surface area contributed by atoms with E-state index in [-0.39, 0.29) is 5.91 Å². The van der Waals surface area contributed by atoms with Crippen LogP contribution in [0.5, 0.6) is 0 Å². The lowest BCUT2D eigenvalue weighted by atomic mass is 10.1. The molecule has 0 bridgehead atoms. The zero-order chi connectivity index (χ0) is 18.2. The third-order valence-corrected chi connectivity index (χ3v) is 6.51. The maximum atomic E-state index is 12.8. The molecule has 8 heteroatoms. The Morgan fingerprint density at radius 3 is 2.96 bits per heavy atom. The van der Waals surface area contributed by atoms with Crippen molar-refractivity contribution in [1.82, 2.24) is 14.3 Å². The van der Waals surface area contributed by atoms with E-state index in [2.05, 4.69) is 19.7 Å². The number of amides is 1. The summed E-state index contributed by atoms with van der Waals surface area (Å²) < 4.78 is 5.45. The summed E-state index contributed by atoms with van der Waals surface area (Å²) in [4.78, 5) is 23.7. The summed E-state index contributed by atoms with van der Waals surface area (Å²) in [5.74, 6) is 2.83. The topological polar surface area (TPSA) is 70.5 Å². The predicted octanol–water partition coefficient (Wildman–Crippen LogP) is 3.25. The number of anilines is 1. The molecule has 0 spiro atoms. The summed E-state index contributed by atoms with van der Waals surface area (Å²) in [6.07, 6.45) is 1.78. The number of nitrogens with one attached hydrogen (secondary N) is 1. The van der Waals surface area contributed by atoms with E-state index in [4.69, 9.17) is 0 Å². The second-order valence-corrected chi connectivity index (χ2v) is 8.48. The normalized spacial score (nSPS) is 16.3. The van der Waals surface area contributed by atoms with E-state index < -0.39 is 0 Å². The van der Waals surface area contributed by atoms with Gasteiger partial charge in [0.25, 0.3) is 5.91 Å². The molecule has 0 atom stereocenters. The first kappa shape index (κ1) is 16.7. The van der Waals surface area contributed by atoms with Gasteiger partial charge in [0.1, 0.15) is 11.4 Å². The Labute approximate surface area is 164 Å². The van der Waals surface area contributed by atoms with Crippen molar-refractivity contribution < 1.29 is 4.79 Å². The fourth-order valence-electron chi connectivity index (χ4n) is 3.34. The van der Waals surface area contributed by atoms with E-state index in [9.17, 15) is 4.79 Å². The Morgan fingerprint density at radius 2 is 2.07 bits per heavy atom. The summed E-state index contributed by atoms with van der Waals surface area (Å²) >= 11 is 3.26. The molecule has 1 fully saturated rings. The van der Waals surface area contributed by atoms with Gasteiger partial charge in [0.2, 0.25) is 0 Å². The van der Waals surface area contributed by atoms with Crippen LogP contribution >= 0.6 is 23.3 Å². The molecule has 136 valence electrons. The molecule has 2 aliphatic heterocycles. The molecule has 1 N–H and O–H groups in total. The second-order valence-electron chi connectivity index (χ2n) is 6.45. The highest BCUT2D eigenvalue weighted by Gasteiger charge is 2.23. The molecule has 4 heterocycles. The van der Waals surface area contributed by atoms with Crippen LogP contribution in [0.15, 0.2) is 41.5 Å². The second kappa shape index (κ2) is 6.94. The number of carbonyl (C=O) groups is 1. The number of pyridine rings is 1. The molecule has 27 heavy (non-hydrogen) atoms. The van der Waals surface area contributed by atoms with Gasteiger partial charge in [-0.3, -0.25) is 14.8 Å². The van der Waals surface area contributed by atoms with Gasteiger partial charge in [-0.15, -0.1) is 0 Å². The zero-order valence-electron chi connectivity index (χ0n) is 14.5. The highest BCUT2D eigenvalue weighted by molar-refractivity contribution is 7.99. The Bertz CT molecular complexity index is 1060. The van der Waals surface area contributed by atoms with Gasteiger partial charge < -0.3 is 10.2 Å². The minimum Gasteiger partial charge on any atom is -0.339 e. The number of amidine groups is 1. The van der Waals surface area contributed by atoms with Crippen molar-refractivity contribution in [2.45, 2.75) is 6.54 Å². The van der Waals surface area contributed by atoms with Gasteiger partial charge in [-0.25, -0.2) is 0 Å². The maximum Gasteiger partial charge on any atom is 0.274 e. The molecule has 0 saturated carbocycles. The van der Waals surface area contributed by atoms with Crippen molar-refractivity contribution in [1.29, 1.82) is 0 Å². The first-order valence-electron chi connectivity index (χ1n) is 8.82. The summed E-state index contributed by atoms with van der Waals surface area (Å²) in [6.45, 7) is 2.25. The van der Waals surface area contributed by atoms with Crippen LogP contribution in [-0.4, -0.2) is 50.6 Å². The van der Waals surface area contributed by atoms with Gasteiger partial charge in [-0.1, -0.05) is 6.07 Å². The Kier molecular flexibility index (Phi) is 4.29. The van der Waals surface area contributed by atoms with Crippen molar-refractivity contribution in [2.24, 2.45) is 4.99 Å². The smallest absolute Gasteiger partial charge is 0.274 e. The summed E-state index contributed by atoms with van der Waals surface area (Å²) in [5.41, 5.74) is 3.53. The van der Waals surface area contributed by atoms with E-state index in [0.29, 0.717) is 12.2 Å². The molecular formula is C19H17N5OS2. The molecule has 1 saturated heterocycles. The van der Waals surface area contributed by atoms with Crippen molar-refractivity contribution in [3.8, 4) is 0 Å². The minimum absolute atomic E-state index is 0.0422. The van der Waals surface area contributed by atoms with E-state index in [1.807, 2.05) is 47.0 Å². The van der Waals surface area contributed by atoms with E-state index in [1.54, 1.807) is 6.20 Å². The molecule has 2 aliphatic rings. The van der Waals surface area contributed by atoms with Crippen LogP contribution in [0.25, 0.3) is 10.1 Å². The molecule has 6 nitrogen and oxygen atoms in total. The van der Waals surface area contributed by atoms with Gasteiger partial charge >= 0.3 is 0 Å². The van der Waals surface area contributed by atoms with Gasteiger partial charge in [0, 0.05) is 47.4 Å². The minimum atomic E-state index is 0.0422. The van der Waals surface area contributed by atoms with Crippen LogP contribution in [0.4, 0.5) is 5.69 Å². The van der Waals surface area contributed by atoms with E-state index >= 15 is 0 Å². The average Bonchev–Trinajstić information content (AvgIpc) is 3.32. The number of aromatic nitrogens is 2. The van der Waals surface area contributed by atoms with Crippen LogP contribution in [0.1, 0.15) is 21.7 Å². The fraction of sp³-hybridized carbons (Fsp3) is 0.263. The fourth-order valence-corrected chi connectivity index (χ4v) is 5.05. The Balaban J connectivity index is 1.40. The Morgan fingerprint density at radius 1 is 1.19 bits per heavy atom. The first-order valence-corrected chi connectivity index (χ1v) is 10.7. The summed E-state index contributed by atoms with van der Waals surface area (Å²) in [6, 6.07) is 9.95. The van der Waals surface area contributed by atoms with Crippen molar-refractivity contribution in [2.75, 3.05) is 29.9 Å². The predicted molar refractivity (Wildman–Crippen MR) is 111 cm³/mol. The third kappa shape index (κ3) is 3.08. The van der Waals surface area contributed by atoms with Gasteiger partial charge in [0.05, 0.1) is 11.2 Å². The van der Waals surface area contributed by atoms with Crippen molar-refractivity contribution >= 4 is 50.8 Å². The quantitative estimate of drug-likeness (QED) is 0.721. The molecule has 0 aliphatic carbocycles. The standard InChI is InChI=1S/C19H17N5OS2/c25-19(24-6-8-26-9-7-24)17-14-4-3-13(10-15(14)27-23-17)22-18-16-12(11-21-18)2-1-5-20-16/h1-5,10H,6-9,11H2,(H,21,22). The molecule has 0 radical (unpaired) electrons. The summed E-state index contributed by atoms with van der Waals surface area (Å²) in [7, 11) is 0. The molecule has 3 aromatic rings. The molecule has 1 aromatic carbocycles. The molecule has 2 aromatic heterocycles. The molecule has 0 unspecified atom stereocenters. The highest BCUT2D eigenvalue weighted by Crippen LogP contribution is 2.28. The zero-order valence-corrected chi connectivity index (χ0v) is 16.1. The first-order chi connectivity index (χ1) is 13.3. The average molecular weight is 396 g/mol. The summed E-state index contributed by atoms with van der Waals surface area (Å²) in [5, 5.41) is 4.28. The maximum absolute atomic E-state index is 12.8. The highest BCUT2D eigenvalue weighted by atomic mass is 32.2. The number of thioether (sulfide) groups is 1. The van der Waals surface area contributed by atoms with Crippen LogP contribution in [0, 0.1) is 0 Å². The van der Waals surface area contributed by atoms with Crippen molar-refractivity contribution in [3.05, 3.63) is 53.5 Å². The molecular weight excluding hydrogens is 378 g/mol. The van der Waals surface area contributed by atoms with Crippen molar-refractivity contribution in [3.63, 3.8) is 0 Å². The number of fused-ring (bicyclic) bond motifs is 2. The number of carbonyl (C=O) groups excluding carboxylic acids is 1. The van der Waals surface area contributed by atoms with Crippen LogP contribution in [0.2, 0.25) is 0 Å². The number of nitrogens with zero attached hydrogens (tertiary/aromatic N) is 4. The number of hydrogen-bond donors (Lipinski definition) is 1. The number of rotatable bonds is 2. The van der Waals surface area contributed by atoms with Gasteiger partial charge in [0.15, 0.2) is 5.84 Å².